The largest absolute Gasteiger partial charge is 0.171 e. The first kappa shape index (κ1) is 9.04. The molecule has 68 valence electrons. The van der Waals surface area contributed by atoms with E-state index in [2.05, 4.69) is 43.8 Å². The lowest BCUT2D eigenvalue weighted by atomic mass is 10.1. The molecule has 0 saturated heterocycles. The molecular weight excluding hydrogens is 196 g/mol. The molecule has 0 nitrogen and oxygen atoms in total. The minimum absolute atomic E-state index is 0.554. The van der Waals surface area contributed by atoms with Crippen LogP contribution in [0.4, 0.5) is 0 Å². The highest BCUT2D eigenvalue weighted by Gasteiger charge is 2.26. The summed E-state index contributed by atoms with van der Waals surface area (Å²) in [7, 11) is -1.11. The number of halogens is 1. The van der Waals surface area contributed by atoms with Crippen LogP contribution in [-0.2, 0) is 0 Å². The van der Waals surface area contributed by atoms with Gasteiger partial charge in [0.1, 0.15) is 8.11 Å². The first-order valence-electron chi connectivity index (χ1n) is 4.61. The van der Waals surface area contributed by atoms with Gasteiger partial charge in [0.2, 0.25) is 0 Å². The third-order valence-corrected chi connectivity index (χ3v) is 5.22. The standard InChI is InChI=1S/C11H13ClSi/c1-8-7-9-5-3-4-6-10(9)11(8)13(2)12/h3-7,11,13H,1-2H3. The molecule has 2 atom stereocenters. The van der Waals surface area contributed by atoms with Crippen molar-refractivity contribution in [2.45, 2.75) is 19.0 Å². The predicted molar refractivity (Wildman–Crippen MR) is 61.7 cm³/mol. The molecule has 0 aromatic heterocycles. The zero-order chi connectivity index (χ0) is 9.42. The van der Waals surface area contributed by atoms with Gasteiger partial charge in [-0.3, -0.25) is 0 Å². The molecule has 0 aliphatic heterocycles. The Hall–Kier alpha value is -0.533. The Balaban J connectivity index is 2.49. The van der Waals surface area contributed by atoms with Crippen molar-refractivity contribution >= 4 is 25.3 Å². The molecule has 2 rings (SSSR count). The molecule has 0 heterocycles. The Morgan fingerprint density at radius 3 is 2.69 bits per heavy atom. The van der Waals surface area contributed by atoms with Crippen LogP contribution < -0.4 is 0 Å². The van der Waals surface area contributed by atoms with Crippen molar-refractivity contribution in [3.05, 3.63) is 41.0 Å². The van der Waals surface area contributed by atoms with Crippen molar-refractivity contribution in [2.75, 3.05) is 0 Å². The van der Waals surface area contributed by atoms with E-state index in [-0.39, 0.29) is 0 Å². The van der Waals surface area contributed by atoms with E-state index in [1.807, 2.05) is 0 Å². The van der Waals surface area contributed by atoms with E-state index in [1.54, 1.807) is 0 Å². The Labute approximate surface area is 85.5 Å². The van der Waals surface area contributed by atoms with E-state index in [0.29, 0.717) is 5.54 Å². The van der Waals surface area contributed by atoms with E-state index < -0.39 is 8.11 Å². The lowest BCUT2D eigenvalue weighted by Crippen LogP contribution is -2.12. The summed E-state index contributed by atoms with van der Waals surface area (Å²) in [5.74, 6) is 0. The predicted octanol–water partition coefficient (Wildman–Crippen LogP) is 3.32. The van der Waals surface area contributed by atoms with Gasteiger partial charge in [0.05, 0.1) is 0 Å². The molecule has 1 aromatic rings. The summed E-state index contributed by atoms with van der Waals surface area (Å²) in [6.07, 6.45) is 2.27. The van der Waals surface area contributed by atoms with Gasteiger partial charge >= 0.3 is 0 Å². The highest BCUT2D eigenvalue weighted by atomic mass is 35.6. The zero-order valence-corrected chi connectivity index (χ0v) is 9.83. The molecule has 13 heavy (non-hydrogen) atoms. The van der Waals surface area contributed by atoms with Crippen LogP contribution in [-0.4, -0.2) is 8.11 Å². The minimum Gasteiger partial charge on any atom is -0.171 e. The Morgan fingerprint density at radius 1 is 1.31 bits per heavy atom. The number of rotatable bonds is 1. The summed E-state index contributed by atoms with van der Waals surface area (Å²) in [5, 5.41) is 0. The Kier molecular flexibility index (Phi) is 2.30. The summed E-state index contributed by atoms with van der Waals surface area (Å²) in [4.78, 5) is 0. The van der Waals surface area contributed by atoms with Gasteiger partial charge in [0.15, 0.2) is 0 Å². The second kappa shape index (κ2) is 3.32. The quantitative estimate of drug-likeness (QED) is 0.491. The van der Waals surface area contributed by atoms with Gasteiger partial charge in [-0.05, 0) is 18.1 Å². The third-order valence-electron chi connectivity index (χ3n) is 2.66. The van der Waals surface area contributed by atoms with E-state index in [1.165, 1.54) is 16.7 Å². The number of hydrogen-bond acceptors (Lipinski definition) is 0. The van der Waals surface area contributed by atoms with Crippen molar-refractivity contribution in [2.24, 2.45) is 0 Å². The van der Waals surface area contributed by atoms with Crippen LogP contribution in [0.1, 0.15) is 23.6 Å². The van der Waals surface area contributed by atoms with Gasteiger partial charge in [0.25, 0.3) is 0 Å². The fraction of sp³-hybridized carbons (Fsp3) is 0.273. The Morgan fingerprint density at radius 2 is 2.00 bits per heavy atom. The van der Waals surface area contributed by atoms with Gasteiger partial charge in [-0.25, -0.2) is 0 Å². The summed E-state index contributed by atoms with van der Waals surface area (Å²) in [6.45, 7) is 4.39. The van der Waals surface area contributed by atoms with Crippen molar-refractivity contribution in [3.8, 4) is 0 Å². The first-order chi connectivity index (χ1) is 6.20. The molecular formula is C11H13ClSi. The average Bonchev–Trinajstić information content (AvgIpc) is 2.39. The first-order valence-corrected chi connectivity index (χ1v) is 8.18. The fourth-order valence-corrected chi connectivity index (χ4v) is 4.74. The smallest absolute Gasteiger partial charge is 0.149 e. The van der Waals surface area contributed by atoms with E-state index in [4.69, 9.17) is 11.1 Å². The van der Waals surface area contributed by atoms with Crippen LogP contribution in [0.5, 0.6) is 0 Å². The molecule has 1 aliphatic carbocycles. The van der Waals surface area contributed by atoms with Crippen molar-refractivity contribution in [1.82, 2.24) is 0 Å². The van der Waals surface area contributed by atoms with Gasteiger partial charge < -0.3 is 0 Å². The van der Waals surface area contributed by atoms with Crippen molar-refractivity contribution < 1.29 is 0 Å². The van der Waals surface area contributed by atoms with Crippen molar-refractivity contribution in [3.63, 3.8) is 0 Å². The number of benzene rings is 1. The minimum atomic E-state index is -1.11. The summed E-state index contributed by atoms with van der Waals surface area (Å²) < 4.78 is 0. The van der Waals surface area contributed by atoms with Gasteiger partial charge in [-0.1, -0.05) is 42.5 Å². The zero-order valence-electron chi connectivity index (χ0n) is 7.92. The maximum absolute atomic E-state index is 6.30. The van der Waals surface area contributed by atoms with Gasteiger partial charge in [-0.15, -0.1) is 0 Å². The lowest BCUT2D eigenvalue weighted by molar-refractivity contribution is 1.12. The molecule has 0 radical (unpaired) electrons. The van der Waals surface area contributed by atoms with Crippen LogP contribution in [0.25, 0.3) is 6.08 Å². The number of hydrogen-bond donors (Lipinski definition) is 0. The van der Waals surface area contributed by atoms with Crippen LogP contribution in [0, 0.1) is 0 Å². The molecule has 0 spiro atoms. The molecule has 1 aliphatic rings. The maximum Gasteiger partial charge on any atom is 0.149 e. The van der Waals surface area contributed by atoms with E-state index in [9.17, 15) is 0 Å². The van der Waals surface area contributed by atoms with Crippen molar-refractivity contribution in [1.29, 1.82) is 0 Å². The molecule has 0 bridgehead atoms. The van der Waals surface area contributed by atoms with E-state index in [0.717, 1.165) is 0 Å². The van der Waals surface area contributed by atoms with Crippen LogP contribution in [0.2, 0.25) is 6.55 Å². The molecule has 2 unspecified atom stereocenters. The van der Waals surface area contributed by atoms with Crippen LogP contribution in [0.15, 0.2) is 29.8 Å². The summed E-state index contributed by atoms with van der Waals surface area (Å²) in [6, 6.07) is 8.57. The SMILES string of the molecule is CC1=Cc2ccccc2C1[SiH](C)Cl. The molecule has 2 heteroatoms. The topological polar surface area (TPSA) is 0 Å². The van der Waals surface area contributed by atoms with Gasteiger partial charge in [0, 0.05) is 5.54 Å². The fourth-order valence-electron chi connectivity index (χ4n) is 2.12. The summed E-state index contributed by atoms with van der Waals surface area (Å²) >= 11 is 6.30. The highest BCUT2D eigenvalue weighted by molar-refractivity contribution is 7.07. The summed E-state index contributed by atoms with van der Waals surface area (Å²) in [5.41, 5.74) is 4.80. The second-order valence-corrected chi connectivity index (χ2v) is 7.76. The molecule has 0 saturated carbocycles. The maximum atomic E-state index is 6.30. The lowest BCUT2D eigenvalue weighted by Gasteiger charge is -2.15. The second-order valence-electron chi connectivity index (χ2n) is 3.67. The number of allylic oxidation sites excluding steroid dienone is 1. The molecule has 0 fully saturated rings. The molecule has 0 N–H and O–H groups in total. The average molecular weight is 209 g/mol. The normalized spacial score (nSPS) is 22.4. The van der Waals surface area contributed by atoms with Gasteiger partial charge in [-0.2, -0.15) is 11.1 Å². The van der Waals surface area contributed by atoms with Crippen LogP contribution >= 0.6 is 11.1 Å². The highest BCUT2D eigenvalue weighted by Crippen LogP contribution is 2.38. The third kappa shape index (κ3) is 1.47. The monoisotopic (exact) mass is 208 g/mol. The Bertz CT molecular complexity index is 355. The van der Waals surface area contributed by atoms with E-state index >= 15 is 0 Å². The molecule has 1 aromatic carbocycles. The van der Waals surface area contributed by atoms with Crippen LogP contribution in [0.3, 0.4) is 0 Å². The molecule has 0 amide bonds. The number of fused-ring (bicyclic) bond motifs is 1.